The standard InChI is InChI=1S/C23H25BF3NO5/c1-21(2)22(3,4)33-24(32-21)17-11-5-14(6-12-17)13-18(20(30)31)28-19(29)15-7-9-16(10-8-15)23(25,26)27/h5-12,18H,13H2,1-4H3,(H,28,29)(H,30,31)/t18-/m0/s1. The topological polar surface area (TPSA) is 84.9 Å². The van der Waals surface area contributed by atoms with E-state index in [1.807, 2.05) is 27.7 Å². The smallest absolute Gasteiger partial charge is 0.480 e. The fourth-order valence-electron chi connectivity index (χ4n) is 3.28. The number of carbonyl (C=O) groups is 2. The summed E-state index contributed by atoms with van der Waals surface area (Å²) in [4.78, 5) is 24.0. The van der Waals surface area contributed by atoms with Gasteiger partial charge in [-0.1, -0.05) is 24.3 Å². The summed E-state index contributed by atoms with van der Waals surface area (Å²) in [5.41, 5.74) is -0.518. The molecular weight excluding hydrogens is 438 g/mol. The Balaban J connectivity index is 1.67. The van der Waals surface area contributed by atoms with Gasteiger partial charge in [-0.15, -0.1) is 0 Å². The predicted octanol–water partition coefficient (Wildman–Crippen LogP) is 3.43. The summed E-state index contributed by atoms with van der Waals surface area (Å²) in [6.45, 7) is 7.77. The number of rotatable bonds is 6. The van der Waals surface area contributed by atoms with Crippen LogP contribution < -0.4 is 10.8 Å². The molecule has 1 amide bonds. The van der Waals surface area contributed by atoms with Gasteiger partial charge in [0, 0.05) is 12.0 Å². The zero-order chi connectivity index (χ0) is 24.6. The lowest BCUT2D eigenvalue weighted by molar-refractivity contribution is -0.139. The minimum atomic E-state index is -4.52. The van der Waals surface area contributed by atoms with Crippen LogP contribution in [0.1, 0.15) is 49.2 Å². The van der Waals surface area contributed by atoms with E-state index in [-0.39, 0.29) is 12.0 Å². The number of carboxylic acid groups (broad SMARTS) is 1. The third-order valence-corrected chi connectivity index (χ3v) is 6.02. The molecule has 1 saturated heterocycles. The van der Waals surface area contributed by atoms with E-state index in [4.69, 9.17) is 9.31 Å². The number of hydrogen-bond donors (Lipinski definition) is 2. The summed E-state index contributed by atoms with van der Waals surface area (Å²) in [7, 11) is -0.557. The second kappa shape index (κ2) is 8.83. The fraction of sp³-hybridized carbons (Fsp3) is 0.391. The lowest BCUT2D eigenvalue weighted by atomic mass is 9.78. The van der Waals surface area contributed by atoms with Crippen molar-refractivity contribution in [3.8, 4) is 0 Å². The van der Waals surface area contributed by atoms with E-state index in [1.165, 1.54) is 0 Å². The van der Waals surface area contributed by atoms with Gasteiger partial charge in [0.25, 0.3) is 5.91 Å². The molecule has 0 aliphatic carbocycles. The SMILES string of the molecule is CC1(C)OB(c2ccc(C[C@H](NC(=O)c3ccc(C(F)(F)F)cc3)C(=O)O)cc2)OC1(C)C. The molecule has 0 spiro atoms. The molecule has 0 aromatic heterocycles. The first-order valence-electron chi connectivity index (χ1n) is 10.3. The van der Waals surface area contributed by atoms with Crippen molar-refractivity contribution in [2.45, 2.75) is 57.5 Å². The summed E-state index contributed by atoms with van der Waals surface area (Å²) in [6, 6.07) is 9.30. The average Bonchev–Trinajstić information content (AvgIpc) is 2.94. The number of hydrogen-bond acceptors (Lipinski definition) is 4. The van der Waals surface area contributed by atoms with Crippen molar-refractivity contribution in [1.29, 1.82) is 0 Å². The first kappa shape index (κ1) is 24.8. The maximum atomic E-state index is 12.7. The van der Waals surface area contributed by atoms with Crippen molar-refractivity contribution < 1.29 is 37.2 Å². The largest absolute Gasteiger partial charge is 0.494 e. The minimum absolute atomic E-state index is 0.00858. The van der Waals surface area contributed by atoms with Crippen molar-refractivity contribution in [3.63, 3.8) is 0 Å². The van der Waals surface area contributed by atoms with Gasteiger partial charge in [0.2, 0.25) is 0 Å². The molecule has 6 nitrogen and oxygen atoms in total. The summed E-state index contributed by atoms with van der Waals surface area (Å²) in [5, 5.41) is 11.9. The number of alkyl halides is 3. The zero-order valence-electron chi connectivity index (χ0n) is 18.7. The summed E-state index contributed by atoms with van der Waals surface area (Å²) < 4.78 is 50.1. The van der Waals surface area contributed by atoms with Crippen LogP contribution in [0.3, 0.4) is 0 Å². The molecule has 0 unspecified atom stereocenters. The summed E-state index contributed by atoms with van der Waals surface area (Å²) in [5.74, 6) is -2.03. The van der Waals surface area contributed by atoms with Gasteiger partial charge in [-0.3, -0.25) is 4.79 Å². The van der Waals surface area contributed by atoms with E-state index >= 15 is 0 Å². The number of carbonyl (C=O) groups excluding carboxylic acids is 1. The molecule has 176 valence electrons. The molecule has 1 heterocycles. The second-order valence-electron chi connectivity index (χ2n) is 8.97. The van der Waals surface area contributed by atoms with Crippen LogP contribution in [-0.2, 0) is 26.7 Å². The molecule has 1 aliphatic rings. The van der Waals surface area contributed by atoms with Crippen molar-refractivity contribution in [1.82, 2.24) is 5.32 Å². The normalized spacial score (nSPS) is 18.1. The van der Waals surface area contributed by atoms with Crippen LogP contribution >= 0.6 is 0 Å². The highest BCUT2D eigenvalue weighted by atomic mass is 19.4. The lowest BCUT2D eigenvalue weighted by Crippen LogP contribution is -2.42. The number of benzene rings is 2. The molecule has 0 bridgehead atoms. The molecule has 1 fully saturated rings. The van der Waals surface area contributed by atoms with Gasteiger partial charge in [0.1, 0.15) is 6.04 Å². The van der Waals surface area contributed by atoms with Crippen molar-refractivity contribution >= 4 is 24.5 Å². The van der Waals surface area contributed by atoms with Gasteiger partial charge in [0.05, 0.1) is 16.8 Å². The zero-order valence-corrected chi connectivity index (χ0v) is 18.7. The van der Waals surface area contributed by atoms with Crippen LogP contribution in [-0.4, -0.2) is 41.3 Å². The van der Waals surface area contributed by atoms with Gasteiger partial charge >= 0.3 is 19.3 Å². The van der Waals surface area contributed by atoms with Crippen LogP contribution in [0.25, 0.3) is 0 Å². The first-order chi connectivity index (χ1) is 15.2. The van der Waals surface area contributed by atoms with E-state index in [0.29, 0.717) is 5.56 Å². The van der Waals surface area contributed by atoms with Gasteiger partial charge < -0.3 is 19.7 Å². The van der Waals surface area contributed by atoms with Crippen molar-refractivity contribution in [2.24, 2.45) is 0 Å². The molecule has 0 radical (unpaired) electrons. The molecule has 2 N–H and O–H groups in total. The molecule has 10 heteroatoms. The molecule has 33 heavy (non-hydrogen) atoms. The lowest BCUT2D eigenvalue weighted by Gasteiger charge is -2.32. The van der Waals surface area contributed by atoms with Crippen LogP contribution in [0.15, 0.2) is 48.5 Å². The van der Waals surface area contributed by atoms with Crippen LogP contribution in [0.2, 0.25) is 0 Å². The molecule has 0 saturated carbocycles. The van der Waals surface area contributed by atoms with Gasteiger partial charge in [-0.2, -0.15) is 13.2 Å². The predicted molar refractivity (Wildman–Crippen MR) is 116 cm³/mol. The third kappa shape index (κ3) is 5.56. The Morgan fingerprint density at radius 2 is 1.48 bits per heavy atom. The molecule has 1 atom stereocenters. The monoisotopic (exact) mass is 463 g/mol. The van der Waals surface area contributed by atoms with Crippen molar-refractivity contribution in [2.75, 3.05) is 0 Å². The number of halogens is 3. The highest BCUT2D eigenvalue weighted by molar-refractivity contribution is 6.62. The summed E-state index contributed by atoms with van der Waals surface area (Å²) >= 11 is 0. The maximum Gasteiger partial charge on any atom is 0.494 e. The van der Waals surface area contributed by atoms with E-state index in [1.54, 1.807) is 24.3 Å². The Bertz CT molecular complexity index is 1000. The molecule has 3 rings (SSSR count). The number of carboxylic acids is 1. The summed E-state index contributed by atoms with van der Waals surface area (Å²) in [6.07, 6.45) is -4.53. The van der Waals surface area contributed by atoms with Crippen LogP contribution in [0.4, 0.5) is 13.2 Å². The number of aliphatic carboxylic acids is 1. The molecule has 1 aliphatic heterocycles. The average molecular weight is 463 g/mol. The number of amides is 1. The highest BCUT2D eigenvalue weighted by Gasteiger charge is 2.51. The minimum Gasteiger partial charge on any atom is -0.480 e. The Morgan fingerprint density at radius 3 is 1.94 bits per heavy atom. The molecule has 2 aromatic carbocycles. The Kier molecular flexibility index (Phi) is 6.63. The van der Waals surface area contributed by atoms with Crippen LogP contribution in [0, 0.1) is 0 Å². The molecular formula is C23H25BF3NO5. The van der Waals surface area contributed by atoms with E-state index in [0.717, 1.165) is 29.7 Å². The molecule has 2 aromatic rings. The Morgan fingerprint density at radius 1 is 0.970 bits per heavy atom. The fourth-order valence-corrected chi connectivity index (χ4v) is 3.28. The van der Waals surface area contributed by atoms with Gasteiger partial charge in [-0.25, -0.2) is 4.79 Å². The van der Waals surface area contributed by atoms with Crippen molar-refractivity contribution in [3.05, 3.63) is 65.2 Å². The highest BCUT2D eigenvalue weighted by Crippen LogP contribution is 2.36. The Hall–Kier alpha value is -2.85. The van der Waals surface area contributed by atoms with Crippen LogP contribution in [0.5, 0.6) is 0 Å². The van der Waals surface area contributed by atoms with E-state index in [9.17, 15) is 27.9 Å². The second-order valence-corrected chi connectivity index (χ2v) is 8.97. The number of nitrogens with one attached hydrogen (secondary N) is 1. The van der Waals surface area contributed by atoms with E-state index in [2.05, 4.69) is 5.32 Å². The third-order valence-electron chi connectivity index (χ3n) is 6.02. The van der Waals surface area contributed by atoms with E-state index < -0.39 is 48.0 Å². The maximum absolute atomic E-state index is 12.7. The van der Waals surface area contributed by atoms with Gasteiger partial charge in [0.15, 0.2) is 0 Å². The Labute approximate surface area is 190 Å². The van der Waals surface area contributed by atoms with Gasteiger partial charge in [-0.05, 0) is 63.0 Å². The first-order valence-corrected chi connectivity index (χ1v) is 10.3. The quantitative estimate of drug-likeness (QED) is 0.642.